The lowest BCUT2D eigenvalue weighted by Crippen LogP contribution is -2.22. The highest BCUT2D eigenvalue weighted by Gasteiger charge is 2.32. The van der Waals surface area contributed by atoms with Gasteiger partial charge < -0.3 is 9.84 Å². The van der Waals surface area contributed by atoms with Crippen LogP contribution in [0.1, 0.15) is 12.5 Å². The maximum Gasteiger partial charge on any atom is 0.307 e. The second-order valence-electron chi connectivity index (χ2n) is 3.92. The summed E-state index contributed by atoms with van der Waals surface area (Å²) in [5.74, 6) is -0.198. The largest absolute Gasteiger partial charge is 0.496 e. The Morgan fingerprint density at radius 1 is 1.62 bits per heavy atom. The summed E-state index contributed by atoms with van der Waals surface area (Å²) in [4.78, 5) is 12.1. The predicted octanol–water partition coefficient (Wildman–Crippen LogP) is 2.43. The SMILES string of the molecule is COc1cccc2c1CC(C(C)C(=O)O)S2. The molecule has 3 nitrogen and oxygen atoms in total. The van der Waals surface area contributed by atoms with Gasteiger partial charge in [-0.15, -0.1) is 11.8 Å². The predicted molar refractivity (Wildman–Crippen MR) is 63.1 cm³/mol. The molecule has 4 heteroatoms. The van der Waals surface area contributed by atoms with Crippen LogP contribution in [0.5, 0.6) is 5.75 Å². The smallest absolute Gasteiger partial charge is 0.307 e. The average Bonchev–Trinajstić information content (AvgIpc) is 2.70. The van der Waals surface area contributed by atoms with Gasteiger partial charge in [-0.05, 0) is 18.6 Å². The van der Waals surface area contributed by atoms with Crippen molar-refractivity contribution in [2.45, 2.75) is 23.5 Å². The van der Waals surface area contributed by atoms with Crippen molar-refractivity contribution in [2.75, 3.05) is 7.11 Å². The number of hydrogen-bond donors (Lipinski definition) is 1. The fourth-order valence-corrected chi connectivity index (χ4v) is 3.27. The summed E-state index contributed by atoms with van der Waals surface area (Å²) in [7, 11) is 1.65. The lowest BCUT2D eigenvalue weighted by molar-refractivity contribution is -0.141. The quantitative estimate of drug-likeness (QED) is 0.878. The molecule has 2 unspecified atom stereocenters. The van der Waals surface area contributed by atoms with Crippen LogP contribution in [0.15, 0.2) is 23.1 Å². The van der Waals surface area contributed by atoms with E-state index in [1.54, 1.807) is 25.8 Å². The van der Waals surface area contributed by atoms with Crippen LogP contribution in [0.25, 0.3) is 0 Å². The first-order valence-electron chi connectivity index (χ1n) is 5.19. The number of hydrogen-bond acceptors (Lipinski definition) is 3. The van der Waals surface area contributed by atoms with Crippen molar-refractivity contribution in [1.82, 2.24) is 0 Å². The zero-order valence-corrected chi connectivity index (χ0v) is 10.1. The van der Waals surface area contributed by atoms with Gasteiger partial charge in [0.2, 0.25) is 0 Å². The van der Waals surface area contributed by atoms with Crippen LogP contribution >= 0.6 is 11.8 Å². The molecule has 1 N–H and O–H groups in total. The molecule has 1 aliphatic rings. The lowest BCUT2D eigenvalue weighted by atomic mass is 10.0. The minimum Gasteiger partial charge on any atom is -0.496 e. The van der Waals surface area contributed by atoms with Gasteiger partial charge in [-0.2, -0.15) is 0 Å². The minimum atomic E-state index is -0.732. The van der Waals surface area contributed by atoms with Crippen molar-refractivity contribution in [3.63, 3.8) is 0 Å². The van der Waals surface area contributed by atoms with Gasteiger partial charge >= 0.3 is 5.97 Å². The van der Waals surface area contributed by atoms with Gasteiger partial charge in [0.15, 0.2) is 0 Å². The molecule has 2 atom stereocenters. The molecule has 1 aromatic rings. The highest BCUT2D eigenvalue weighted by molar-refractivity contribution is 8.00. The van der Waals surface area contributed by atoms with E-state index in [1.165, 1.54) is 0 Å². The number of ether oxygens (including phenoxy) is 1. The molecule has 0 spiro atoms. The molecule has 86 valence electrons. The number of rotatable bonds is 3. The Labute approximate surface area is 98.8 Å². The van der Waals surface area contributed by atoms with E-state index in [4.69, 9.17) is 9.84 Å². The van der Waals surface area contributed by atoms with Gasteiger partial charge in [0.1, 0.15) is 5.75 Å². The maximum atomic E-state index is 10.9. The third-order valence-corrected chi connectivity index (χ3v) is 4.45. The van der Waals surface area contributed by atoms with Gasteiger partial charge in [-0.3, -0.25) is 4.79 Å². The summed E-state index contributed by atoms with van der Waals surface area (Å²) in [5.41, 5.74) is 1.15. The molecule has 1 aromatic carbocycles. The summed E-state index contributed by atoms with van der Waals surface area (Å²) in [6, 6.07) is 5.89. The van der Waals surface area contributed by atoms with Crippen LogP contribution in [0.2, 0.25) is 0 Å². The number of thioether (sulfide) groups is 1. The average molecular weight is 238 g/mol. The molecule has 0 saturated carbocycles. The number of methoxy groups -OCH3 is 1. The van der Waals surface area contributed by atoms with E-state index in [1.807, 2.05) is 18.2 Å². The van der Waals surface area contributed by atoms with Gasteiger partial charge in [0.25, 0.3) is 0 Å². The molecule has 0 aliphatic carbocycles. The van der Waals surface area contributed by atoms with Crippen LogP contribution in [0.3, 0.4) is 0 Å². The van der Waals surface area contributed by atoms with E-state index in [9.17, 15) is 4.79 Å². The van der Waals surface area contributed by atoms with Crippen molar-refractivity contribution < 1.29 is 14.6 Å². The van der Waals surface area contributed by atoms with E-state index < -0.39 is 5.97 Å². The number of carboxylic acid groups (broad SMARTS) is 1. The van der Waals surface area contributed by atoms with Crippen molar-refractivity contribution in [1.29, 1.82) is 0 Å². The fraction of sp³-hybridized carbons (Fsp3) is 0.417. The van der Waals surface area contributed by atoms with Gasteiger partial charge in [-0.1, -0.05) is 13.0 Å². The molecule has 0 radical (unpaired) electrons. The molecular formula is C12H14O3S. The number of carbonyl (C=O) groups is 1. The second kappa shape index (κ2) is 4.37. The Balaban J connectivity index is 2.24. The van der Waals surface area contributed by atoms with Crippen LogP contribution in [0, 0.1) is 5.92 Å². The summed E-state index contributed by atoms with van der Waals surface area (Å²) < 4.78 is 5.28. The minimum absolute atomic E-state index is 0.115. The Morgan fingerprint density at radius 2 is 2.38 bits per heavy atom. The van der Waals surface area contributed by atoms with Gasteiger partial charge in [0, 0.05) is 15.7 Å². The molecular weight excluding hydrogens is 224 g/mol. The molecule has 0 saturated heterocycles. The summed E-state index contributed by atoms with van der Waals surface area (Å²) in [5, 5.41) is 9.12. The molecule has 16 heavy (non-hydrogen) atoms. The van der Waals surface area contributed by atoms with Crippen molar-refractivity contribution in [2.24, 2.45) is 5.92 Å². The zero-order chi connectivity index (χ0) is 11.7. The van der Waals surface area contributed by atoms with Gasteiger partial charge in [-0.25, -0.2) is 0 Å². The molecule has 2 rings (SSSR count). The van der Waals surface area contributed by atoms with Crippen LogP contribution in [-0.4, -0.2) is 23.4 Å². The van der Waals surface area contributed by atoms with E-state index >= 15 is 0 Å². The number of fused-ring (bicyclic) bond motifs is 1. The maximum absolute atomic E-state index is 10.9. The zero-order valence-electron chi connectivity index (χ0n) is 9.27. The van der Waals surface area contributed by atoms with E-state index in [0.717, 1.165) is 22.6 Å². The standard InChI is InChI=1S/C12H14O3S/c1-7(12(13)14)11-6-8-9(15-2)4-3-5-10(8)16-11/h3-5,7,11H,6H2,1-2H3,(H,13,14). The fourth-order valence-electron chi connectivity index (χ4n) is 1.89. The number of carboxylic acids is 1. The van der Waals surface area contributed by atoms with Crippen molar-refractivity contribution in [3.05, 3.63) is 23.8 Å². The first-order valence-corrected chi connectivity index (χ1v) is 6.06. The summed E-state index contributed by atoms with van der Waals surface area (Å²) in [6.45, 7) is 1.76. The number of benzene rings is 1. The summed E-state index contributed by atoms with van der Waals surface area (Å²) >= 11 is 1.64. The molecule has 0 fully saturated rings. The highest BCUT2D eigenvalue weighted by atomic mass is 32.2. The van der Waals surface area contributed by atoms with Crippen LogP contribution in [-0.2, 0) is 11.2 Å². The van der Waals surface area contributed by atoms with Gasteiger partial charge in [0.05, 0.1) is 13.0 Å². The second-order valence-corrected chi connectivity index (χ2v) is 5.21. The van der Waals surface area contributed by atoms with E-state index in [-0.39, 0.29) is 11.2 Å². The monoisotopic (exact) mass is 238 g/mol. The first kappa shape index (κ1) is 11.3. The Bertz CT molecular complexity index is 417. The Kier molecular flexibility index (Phi) is 3.10. The van der Waals surface area contributed by atoms with Crippen molar-refractivity contribution in [3.8, 4) is 5.75 Å². The normalized spacial score (nSPS) is 20.2. The summed E-state index contributed by atoms with van der Waals surface area (Å²) in [6.07, 6.45) is 0.775. The van der Waals surface area contributed by atoms with E-state index in [2.05, 4.69) is 0 Å². The molecule has 1 aliphatic heterocycles. The third-order valence-electron chi connectivity index (χ3n) is 2.94. The van der Waals surface area contributed by atoms with Crippen LogP contribution in [0.4, 0.5) is 0 Å². The Hall–Kier alpha value is -1.16. The molecule has 0 bridgehead atoms. The third kappa shape index (κ3) is 1.89. The number of aliphatic carboxylic acids is 1. The lowest BCUT2D eigenvalue weighted by Gasteiger charge is -2.12. The van der Waals surface area contributed by atoms with Crippen molar-refractivity contribution >= 4 is 17.7 Å². The van der Waals surface area contributed by atoms with E-state index in [0.29, 0.717) is 0 Å². The topological polar surface area (TPSA) is 46.5 Å². The Morgan fingerprint density at radius 3 is 3.00 bits per heavy atom. The molecule has 1 heterocycles. The van der Waals surface area contributed by atoms with Crippen LogP contribution < -0.4 is 4.74 Å². The molecule has 0 aromatic heterocycles. The first-order chi connectivity index (χ1) is 7.63. The molecule has 0 amide bonds. The highest BCUT2D eigenvalue weighted by Crippen LogP contribution is 2.44.